The van der Waals surface area contributed by atoms with Gasteiger partial charge in [0.25, 0.3) is 0 Å². The van der Waals surface area contributed by atoms with E-state index in [1.54, 1.807) is 0 Å². The molecule has 1 saturated carbocycles. The van der Waals surface area contributed by atoms with Gasteiger partial charge in [-0.25, -0.2) is 4.98 Å². The van der Waals surface area contributed by atoms with Crippen molar-refractivity contribution in [2.24, 2.45) is 5.92 Å². The minimum Gasteiger partial charge on any atom is -0.345 e. The average molecular weight is 281 g/mol. The fraction of sp³-hybridized carbons (Fsp3) is 0.800. The molecule has 1 heterocycles. The third kappa shape index (κ3) is 3.69. The van der Waals surface area contributed by atoms with Gasteiger partial charge in [-0.3, -0.25) is 0 Å². The maximum absolute atomic E-state index is 4.83. The van der Waals surface area contributed by atoms with E-state index in [1.165, 1.54) is 41.4 Å². The van der Waals surface area contributed by atoms with Gasteiger partial charge in [-0.1, -0.05) is 26.7 Å². The Kier molecular flexibility index (Phi) is 5.22. The van der Waals surface area contributed by atoms with Crippen molar-refractivity contribution in [2.45, 2.75) is 59.0 Å². The van der Waals surface area contributed by atoms with Gasteiger partial charge < -0.3 is 10.2 Å². The molecule has 0 atom stereocenters. The van der Waals surface area contributed by atoms with Crippen LogP contribution < -0.4 is 10.2 Å². The van der Waals surface area contributed by atoms with Gasteiger partial charge in [0, 0.05) is 24.0 Å². The van der Waals surface area contributed by atoms with Gasteiger partial charge in [-0.15, -0.1) is 11.3 Å². The van der Waals surface area contributed by atoms with Crippen molar-refractivity contribution in [3.8, 4) is 0 Å². The van der Waals surface area contributed by atoms with E-state index in [4.69, 9.17) is 4.98 Å². The van der Waals surface area contributed by atoms with Gasteiger partial charge in [-0.2, -0.15) is 0 Å². The zero-order valence-electron chi connectivity index (χ0n) is 12.7. The van der Waals surface area contributed by atoms with E-state index in [-0.39, 0.29) is 0 Å². The Hall–Kier alpha value is -0.610. The molecule has 0 bridgehead atoms. The van der Waals surface area contributed by atoms with Crippen LogP contribution in [0.4, 0.5) is 5.13 Å². The van der Waals surface area contributed by atoms with Crippen LogP contribution in [-0.4, -0.2) is 24.6 Å². The highest BCUT2D eigenvalue weighted by Crippen LogP contribution is 2.33. The highest BCUT2D eigenvalue weighted by molar-refractivity contribution is 7.15. The fourth-order valence-electron chi connectivity index (χ4n) is 2.85. The molecule has 1 N–H and O–H groups in total. The van der Waals surface area contributed by atoms with E-state index >= 15 is 0 Å². The Morgan fingerprint density at radius 1 is 1.37 bits per heavy atom. The normalized spacial score (nSPS) is 16.5. The van der Waals surface area contributed by atoms with Crippen molar-refractivity contribution in [3.63, 3.8) is 0 Å². The summed E-state index contributed by atoms with van der Waals surface area (Å²) in [6, 6.07) is 0.718. The van der Waals surface area contributed by atoms with Crippen molar-refractivity contribution in [1.82, 2.24) is 10.3 Å². The van der Waals surface area contributed by atoms with Gasteiger partial charge in [0.1, 0.15) is 0 Å². The van der Waals surface area contributed by atoms with E-state index in [0.29, 0.717) is 5.92 Å². The van der Waals surface area contributed by atoms with Crippen LogP contribution in [-0.2, 0) is 6.54 Å². The molecule has 0 radical (unpaired) electrons. The first-order valence-corrected chi connectivity index (χ1v) is 8.31. The summed E-state index contributed by atoms with van der Waals surface area (Å²) >= 11 is 1.87. The molecule has 0 amide bonds. The highest BCUT2D eigenvalue weighted by Gasteiger charge is 2.26. The Morgan fingerprint density at radius 2 is 2.05 bits per heavy atom. The number of anilines is 1. The second-order valence-electron chi connectivity index (χ2n) is 6.02. The van der Waals surface area contributed by atoms with Gasteiger partial charge in [0.05, 0.1) is 5.69 Å². The van der Waals surface area contributed by atoms with Crippen molar-refractivity contribution in [3.05, 3.63) is 10.6 Å². The Bertz CT molecular complexity index is 394. The lowest BCUT2D eigenvalue weighted by molar-refractivity contribution is 0.534. The first-order valence-electron chi connectivity index (χ1n) is 7.49. The predicted octanol–water partition coefficient (Wildman–Crippen LogP) is 3.58. The summed E-state index contributed by atoms with van der Waals surface area (Å²) in [5.41, 5.74) is 1.20. The lowest BCUT2D eigenvalue weighted by Crippen LogP contribution is -2.36. The number of nitrogens with zero attached hydrogens (tertiary/aromatic N) is 2. The molecule has 0 unspecified atom stereocenters. The molecule has 0 spiro atoms. The summed E-state index contributed by atoms with van der Waals surface area (Å²) in [5.74, 6) is 0.692. The number of aromatic nitrogens is 1. The third-order valence-electron chi connectivity index (χ3n) is 3.79. The van der Waals surface area contributed by atoms with Crippen LogP contribution >= 0.6 is 11.3 Å². The molecule has 3 nitrogen and oxygen atoms in total. The Balaban J connectivity index is 2.18. The maximum Gasteiger partial charge on any atom is 0.186 e. The molecule has 1 fully saturated rings. The Morgan fingerprint density at radius 3 is 2.63 bits per heavy atom. The zero-order chi connectivity index (χ0) is 13.8. The number of rotatable bonds is 6. The summed E-state index contributed by atoms with van der Waals surface area (Å²) in [5, 5.41) is 4.48. The molecular formula is C15H27N3S. The zero-order valence-corrected chi connectivity index (χ0v) is 13.5. The molecule has 0 aliphatic heterocycles. The molecule has 1 aromatic rings. The monoisotopic (exact) mass is 281 g/mol. The molecule has 2 rings (SSSR count). The summed E-state index contributed by atoms with van der Waals surface area (Å²) in [6.07, 6.45) is 5.44. The Labute approximate surface area is 121 Å². The van der Waals surface area contributed by atoms with E-state index in [9.17, 15) is 0 Å². The van der Waals surface area contributed by atoms with Gasteiger partial charge in [0.2, 0.25) is 0 Å². The fourth-order valence-corrected chi connectivity index (χ4v) is 4.01. The van der Waals surface area contributed by atoms with Crippen molar-refractivity contribution in [2.75, 3.05) is 18.5 Å². The second-order valence-corrected chi connectivity index (χ2v) is 7.08. The summed E-state index contributed by atoms with van der Waals surface area (Å²) < 4.78 is 0. The molecule has 4 heteroatoms. The number of hydrogen-bond donors (Lipinski definition) is 1. The first kappa shape index (κ1) is 14.8. The topological polar surface area (TPSA) is 28.2 Å². The van der Waals surface area contributed by atoms with Gasteiger partial charge >= 0.3 is 0 Å². The molecule has 1 aliphatic rings. The van der Waals surface area contributed by atoms with E-state index in [1.807, 2.05) is 18.4 Å². The molecule has 1 aliphatic carbocycles. The van der Waals surface area contributed by atoms with Crippen molar-refractivity contribution in [1.29, 1.82) is 0 Å². The largest absolute Gasteiger partial charge is 0.345 e. The number of nitrogens with one attached hydrogen (secondary N) is 1. The third-order valence-corrected chi connectivity index (χ3v) is 4.99. The number of aryl methyl sites for hydroxylation is 1. The molecule has 19 heavy (non-hydrogen) atoms. The van der Waals surface area contributed by atoms with Crippen LogP contribution in [0.5, 0.6) is 0 Å². The summed E-state index contributed by atoms with van der Waals surface area (Å²) in [7, 11) is 2.00. The van der Waals surface area contributed by atoms with Crippen LogP contribution in [0.25, 0.3) is 0 Å². The van der Waals surface area contributed by atoms with Crippen LogP contribution in [0.3, 0.4) is 0 Å². The standard InChI is InChI=1S/C15H27N3S/c1-11(2)10-18(13-7-5-6-8-13)15-17-12(3)14(19-15)9-16-4/h11,13,16H,5-10H2,1-4H3. The second kappa shape index (κ2) is 6.71. The van der Waals surface area contributed by atoms with E-state index in [0.717, 1.165) is 19.1 Å². The number of hydrogen-bond acceptors (Lipinski definition) is 4. The predicted molar refractivity (Wildman–Crippen MR) is 84.1 cm³/mol. The van der Waals surface area contributed by atoms with E-state index < -0.39 is 0 Å². The quantitative estimate of drug-likeness (QED) is 0.864. The smallest absolute Gasteiger partial charge is 0.186 e. The van der Waals surface area contributed by atoms with Gasteiger partial charge in [0.15, 0.2) is 5.13 Å². The molecule has 0 saturated heterocycles. The van der Waals surface area contributed by atoms with Crippen molar-refractivity contribution < 1.29 is 0 Å². The van der Waals surface area contributed by atoms with Gasteiger partial charge in [-0.05, 0) is 32.7 Å². The first-order chi connectivity index (χ1) is 9.11. The average Bonchev–Trinajstić information content (AvgIpc) is 2.97. The highest BCUT2D eigenvalue weighted by atomic mass is 32.1. The summed E-state index contributed by atoms with van der Waals surface area (Å²) in [4.78, 5) is 8.79. The van der Waals surface area contributed by atoms with E-state index in [2.05, 4.69) is 31.0 Å². The number of thiazole rings is 1. The lowest BCUT2D eigenvalue weighted by atomic mass is 10.1. The molecule has 108 valence electrons. The van der Waals surface area contributed by atoms with Crippen LogP contribution in [0.2, 0.25) is 0 Å². The minimum atomic E-state index is 0.692. The maximum atomic E-state index is 4.83. The lowest BCUT2D eigenvalue weighted by Gasteiger charge is -2.30. The molecule has 0 aromatic carbocycles. The van der Waals surface area contributed by atoms with Crippen LogP contribution in [0, 0.1) is 12.8 Å². The molecule has 1 aromatic heterocycles. The SMILES string of the molecule is CNCc1sc(N(CC(C)C)C2CCCC2)nc1C. The van der Waals surface area contributed by atoms with Crippen molar-refractivity contribution >= 4 is 16.5 Å². The minimum absolute atomic E-state index is 0.692. The van der Waals surface area contributed by atoms with Crippen LogP contribution in [0.1, 0.15) is 50.1 Å². The molecular weight excluding hydrogens is 254 g/mol. The van der Waals surface area contributed by atoms with Crippen LogP contribution in [0.15, 0.2) is 0 Å². The summed E-state index contributed by atoms with van der Waals surface area (Å²) in [6.45, 7) is 8.81.